The molecule has 0 aliphatic heterocycles. The minimum absolute atomic E-state index is 0.289. The van der Waals surface area contributed by atoms with Crippen molar-refractivity contribution in [1.82, 2.24) is 10.6 Å². The first-order valence-electron chi connectivity index (χ1n) is 9.06. The summed E-state index contributed by atoms with van der Waals surface area (Å²) in [6.07, 6.45) is 8.86. The van der Waals surface area contributed by atoms with E-state index in [-0.39, 0.29) is 6.09 Å². The van der Waals surface area contributed by atoms with Crippen molar-refractivity contribution < 1.29 is 9.53 Å². The molecule has 1 amide bonds. The lowest BCUT2D eigenvalue weighted by Crippen LogP contribution is -2.47. The Morgan fingerprint density at radius 1 is 1.18 bits per heavy atom. The van der Waals surface area contributed by atoms with E-state index in [0.29, 0.717) is 18.0 Å². The fraction of sp³-hybridized carbons (Fsp3) is 0.944. The van der Waals surface area contributed by atoms with Gasteiger partial charge in [0.25, 0.3) is 0 Å². The average molecular weight is 310 g/mol. The Hall–Kier alpha value is -0.770. The second-order valence-electron chi connectivity index (χ2n) is 8.28. The lowest BCUT2D eigenvalue weighted by molar-refractivity contribution is 0.0510. The Kier molecular flexibility index (Phi) is 6.13. The van der Waals surface area contributed by atoms with Crippen LogP contribution in [0.25, 0.3) is 0 Å². The van der Waals surface area contributed by atoms with E-state index in [9.17, 15) is 4.79 Å². The highest BCUT2D eigenvalue weighted by Gasteiger charge is 2.29. The molecule has 0 bridgehead atoms. The van der Waals surface area contributed by atoms with Gasteiger partial charge in [-0.3, -0.25) is 0 Å². The Balaban J connectivity index is 1.74. The maximum Gasteiger partial charge on any atom is 0.407 e. The van der Waals surface area contributed by atoms with Crippen molar-refractivity contribution >= 4 is 6.09 Å². The van der Waals surface area contributed by atoms with Crippen LogP contribution in [0.15, 0.2) is 0 Å². The highest BCUT2D eigenvalue weighted by molar-refractivity contribution is 5.67. The van der Waals surface area contributed by atoms with Crippen LogP contribution in [0.2, 0.25) is 0 Å². The van der Waals surface area contributed by atoms with E-state index >= 15 is 0 Å². The molecule has 2 rings (SSSR count). The number of carbonyl (C=O) groups excluding carboxylic acids is 1. The monoisotopic (exact) mass is 310 g/mol. The minimum Gasteiger partial charge on any atom is -0.444 e. The normalized spacial score (nSPS) is 27.3. The predicted molar refractivity (Wildman–Crippen MR) is 89.9 cm³/mol. The SMILES string of the molecule is CC(CC1CC1)NC1CCCCC1CNC(=O)OC(C)(C)C. The smallest absolute Gasteiger partial charge is 0.407 e. The summed E-state index contributed by atoms with van der Waals surface area (Å²) in [5, 5.41) is 6.78. The summed E-state index contributed by atoms with van der Waals surface area (Å²) < 4.78 is 5.34. The Bertz CT molecular complexity index is 361. The molecule has 2 aliphatic rings. The molecule has 0 radical (unpaired) electrons. The number of carbonyl (C=O) groups is 1. The van der Waals surface area contributed by atoms with Crippen LogP contribution in [0.5, 0.6) is 0 Å². The number of hydrogen-bond acceptors (Lipinski definition) is 3. The fourth-order valence-electron chi connectivity index (χ4n) is 3.49. The number of alkyl carbamates (subject to hydrolysis) is 1. The molecule has 3 unspecified atom stereocenters. The van der Waals surface area contributed by atoms with Crippen molar-refractivity contribution in [2.24, 2.45) is 11.8 Å². The minimum atomic E-state index is -0.424. The maximum absolute atomic E-state index is 11.8. The molecule has 0 saturated heterocycles. The van der Waals surface area contributed by atoms with E-state index in [1.807, 2.05) is 20.8 Å². The number of amides is 1. The molecule has 2 N–H and O–H groups in total. The van der Waals surface area contributed by atoms with Crippen molar-refractivity contribution in [2.45, 2.75) is 90.3 Å². The van der Waals surface area contributed by atoms with Crippen LogP contribution in [0.3, 0.4) is 0 Å². The summed E-state index contributed by atoms with van der Waals surface area (Å²) in [5.41, 5.74) is -0.424. The summed E-state index contributed by atoms with van der Waals surface area (Å²) >= 11 is 0. The van der Waals surface area contributed by atoms with Crippen molar-refractivity contribution in [3.63, 3.8) is 0 Å². The van der Waals surface area contributed by atoms with Crippen LogP contribution in [0, 0.1) is 11.8 Å². The molecule has 2 saturated carbocycles. The van der Waals surface area contributed by atoms with E-state index in [2.05, 4.69) is 17.6 Å². The van der Waals surface area contributed by atoms with Gasteiger partial charge in [-0.25, -0.2) is 4.79 Å². The topological polar surface area (TPSA) is 50.4 Å². The summed E-state index contributed by atoms with van der Waals surface area (Å²) in [6.45, 7) is 8.74. The molecule has 0 heterocycles. The van der Waals surface area contributed by atoms with Gasteiger partial charge in [-0.2, -0.15) is 0 Å². The predicted octanol–water partition coefficient (Wildman–Crippen LogP) is 3.85. The first-order valence-corrected chi connectivity index (χ1v) is 9.06. The standard InChI is InChI=1S/C18H34N2O2/c1-13(11-14-9-10-14)20-16-8-6-5-7-15(16)12-19-17(21)22-18(2,3)4/h13-16,20H,5-12H2,1-4H3,(H,19,21). The van der Waals surface area contributed by atoms with Gasteiger partial charge in [0.1, 0.15) is 5.60 Å². The molecular weight excluding hydrogens is 276 g/mol. The third kappa shape index (κ3) is 6.55. The average Bonchev–Trinajstić information content (AvgIpc) is 3.19. The van der Waals surface area contributed by atoms with Crippen LogP contribution in [0.4, 0.5) is 4.79 Å². The van der Waals surface area contributed by atoms with Crippen LogP contribution >= 0.6 is 0 Å². The molecule has 2 fully saturated rings. The number of nitrogens with one attached hydrogen (secondary N) is 2. The zero-order chi connectivity index (χ0) is 16.2. The van der Waals surface area contributed by atoms with E-state index in [4.69, 9.17) is 4.74 Å². The molecule has 2 aliphatic carbocycles. The Morgan fingerprint density at radius 3 is 2.50 bits per heavy atom. The summed E-state index contributed by atoms with van der Waals surface area (Å²) in [6, 6.07) is 1.14. The molecule has 0 aromatic heterocycles. The third-order valence-corrected chi connectivity index (χ3v) is 4.70. The quantitative estimate of drug-likeness (QED) is 0.783. The van der Waals surface area contributed by atoms with E-state index < -0.39 is 5.60 Å². The van der Waals surface area contributed by atoms with Gasteiger partial charge in [-0.1, -0.05) is 25.7 Å². The molecule has 0 aromatic carbocycles. The van der Waals surface area contributed by atoms with Crippen LogP contribution in [-0.4, -0.2) is 30.3 Å². The maximum atomic E-state index is 11.8. The third-order valence-electron chi connectivity index (χ3n) is 4.70. The summed E-state index contributed by atoms with van der Waals surface area (Å²) in [7, 11) is 0. The fourth-order valence-corrected chi connectivity index (χ4v) is 3.49. The molecule has 128 valence electrons. The van der Waals surface area contributed by atoms with Crippen molar-refractivity contribution in [3.05, 3.63) is 0 Å². The largest absolute Gasteiger partial charge is 0.444 e. The Morgan fingerprint density at radius 2 is 1.86 bits per heavy atom. The Labute approximate surface area is 135 Å². The van der Waals surface area contributed by atoms with Gasteiger partial charge in [0.2, 0.25) is 0 Å². The first kappa shape index (κ1) is 17.6. The number of hydrogen-bond donors (Lipinski definition) is 2. The van der Waals surface area contributed by atoms with Gasteiger partial charge < -0.3 is 15.4 Å². The van der Waals surface area contributed by atoms with E-state index in [1.54, 1.807) is 0 Å². The van der Waals surface area contributed by atoms with Crippen molar-refractivity contribution in [2.75, 3.05) is 6.54 Å². The van der Waals surface area contributed by atoms with Crippen molar-refractivity contribution in [3.8, 4) is 0 Å². The van der Waals surface area contributed by atoms with Gasteiger partial charge in [0.15, 0.2) is 0 Å². The van der Waals surface area contributed by atoms with Crippen LogP contribution in [0.1, 0.15) is 72.6 Å². The molecule has 4 heteroatoms. The van der Waals surface area contributed by atoms with Gasteiger partial charge >= 0.3 is 6.09 Å². The number of rotatable bonds is 6. The van der Waals surface area contributed by atoms with E-state index in [0.717, 1.165) is 12.5 Å². The molecule has 0 aromatic rings. The van der Waals surface area contributed by atoms with Gasteiger partial charge in [0, 0.05) is 18.6 Å². The zero-order valence-electron chi connectivity index (χ0n) is 14.8. The summed E-state index contributed by atoms with van der Waals surface area (Å²) in [5.74, 6) is 1.49. The second-order valence-corrected chi connectivity index (χ2v) is 8.28. The molecule has 4 nitrogen and oxygen atoms in total. The second kappa shape index (κ2) is 7.67. The van der Waals surface area contributed by atoms with Gasteiger partial charge in [0.05, 0.1) is 0 Å². The lowest BCUT2D eigenvalue weighted by Gasteiger charge is -2.34. The van der Waals surface area contributed by atoms with Gasteiger partial charge in [-0.05, 0) is 58.8 Å². The highest BCUT2D eigenvalue weighted by Crippen LogP contribution is 2.34. The molecule has 0 spiro atoms. The first-order chi connectivity index (χ1) is 10.3. The van der Waals surface area contributed by atoms with Crippen LogP contribution in [-0.2, 0) is 4.74 Å². The van der Waals surface area contributed by atoms with E-state index in [1.165, 1.54) is 44.9 Å². The van der Waals surface area contributed by atoms with Crippen molar-refractivity contribution in [1.29, 1.82) is 0 Å². The lowest BCUT2D eigenvalue weighted by atomic mass is 9.84. The molecule has 22 heavy (non-hydrogen) atoms. The molecular formula is C18H34N2O2. The zero-order valence-corrected chi connectivity index (χ0v) is 14.8. The highest BCUT2D eigenvalue weighted by atomic mass is 16.6. The van der Waals surface area contributed by atoms with Crippen LogP contribution < -0.4 is 10.6 Å². The van der Waals surface area contributed by atoms with Gasteiger partial charge in [-0.15, -0.1) is 0 Å². The summed E-state index contributed by atoms with van der Waals surface area (Å²) in [4.78, 5) is 11.8. The molecule has 3 atom stereocenters. The number of ether oxygens (including phenoxy) is 1.